The monoisotopic (exact) mass is 346 g/mol. The predicted octanol–water partition coefficient (Wildman–Crippen LogP) is 3.61. The Morgan fingerprint density at radius 1 is 0.962 bits per heavy atom. The van der Waals surface area contributed by atoms with Crippen molar-refractivity contribution >= 4 is 17.4 Å². The highest BCUT2D eigenvalue weighted by Gasteiger charge is 2.11. The third-order valence-corrected chi connectivity index (χ3v) is 4.07. The average Bonchev–Trinajstić information content (AvgIpc) is 2.71. The van der Waals surface area contributed by atoms with Crippen molar-refractivity contribution in [1.82, 2.24) is 15.3 Å². The number of carbonyl (C=O) groups is 1. The Bertz CT molecular complexity index is 820. The maximum atomic E-state index is 12.2. The molecular formula is C21H22N4O. The molecule has 0 atom stereocenters. The number of nitrogens with zero attached hydrogens (tertiary/aromatic N) is 3. The molecular weight excluding hydrogens is 324 g/mol. The van der Waals surface area contributed by atoms with Gasteiger partial charge in [-0.3, -0.25) is 4.79 Å². The van der Waals surface area contributed by atoms with Gasteiger partial charge in [0.1, 0.15) is 5.69 Å². The molecule has 0 saturated carbocycles. The third-order valence-electron chi connectivity index (χ3n) is 4.07. The molecule has 0 aliphatic rings. The van der Waals surface area contributed by atoms with Crippen LogP contribution in [0, 0.1) is 0 Å². The molecule has 0 saturated heterocycles. The number of anilines is 2. The second-order valence-electron chi connectivity index (χ2n) is 5.83. The zero-order valence-corrected chi connectivity index (χ0v) is 14.8. The Morgan fingerprint density at radius 2 is 1.65 bits per heavy atom. The molecule has 1 amide bonds. The number of carbonyl (C=O) groups excluding carboxylic acids is 1. The number of hydrogen-bond donors (Lipinski definition) is 1. The summed E-state index contributed by atoms with van der Waals surface area (Å²) in [5.41, 5.74) is 2.56. The van der Waals surface area contributed by atoms with Crippen molar-refractivity contribution in [3.05, 3.63) is 84.3 Å². The Labute approximate surface area is 153 Å². The van der Waals surface area contributed by atoms with Crippen LogP contribution in [-0.2, 0) is 6.42 Å². The molecule has 1 aromatic heterocycles. The first-order valence-electron chi connectivity index (χ1n) is 8.74. The summed E-state index contributed by atoms with van der Waals surface area (Å²) in [6, 6.07) is 20.1. The first kappa shape index (κ1) is 17.6. The maximum absolute atomic E-state index is 12.2. The second kappa shape index (κ2) is 8.76. The highest BCUT2D eigenvalue weighted by Crippen LogP contribution is 2.21. The first-order chi connectivity index (χ1) is 12.8. The van der Waals surface area contributed by atoms with Crippen LogP contribution in [0.25, 0.3) is 0 Å². The number of para-hydroxylation sites is 1. The average molecular weight is 346 g/mol. The maximum Gasteiger partial charge on any atom is 0.271 e. The van der Waals surface area contributed by atoms with E-state index >= 15 is 0 Å². The third kappa shape index (κ3) is 4.45. The SMILES string of the molecule is CCN(c1ccccc1)c1cnc(C(=O)NCCc2ccccc2)cn1. The lowest BCUT2D eigenvalue weighted by Gasteiger charge is -2.21. The zero-order valence-electron chi connectivity index (χ0n) is 14.8. The van der Waals surface area contributed by atoms with Gasteiger partial charge in [-0.15, -0.1) is 0 Å². The van der Waals surface area contributed by atoms with Gasteiger partial charge in [-0.05, 0) is 31.0 Å². The number of amides is 1. The number of benzene rings is 2. The van der Waals surface area contributed by atoms with Gasteiger partial charge in [0, 0.05) is 18.8 Å². The molecule has 0 radical (unpaired) electrons. The summed E-state index contributed by atoms with van der Waals surface area (Å²) in [6.45, 7) is 3.39. The Balaban J connectivity index is 1.60. The molecule has 0 spiro atoms. The number of aromatic nitrogens is 2. The first-order valence-corrected chi connectivity index (χ1v) is 8.74. The molecule has 5 heteroatoms. The minimum Gasteiger partial charge on any atom is -0.350 e. The summed E-state index contributed by atoms with van der Waals surface area (Å²) < 4.78 is 0. The van der Waals surface area contributed by atoms with Gasteiger partial charge in [0.05, 0.1) is 12.4 Å². The van der Waals surface area contributed by atoms with Crippen LogP contribution in [0.5, 0.6) is 0 Å². The van der Waals surface area contributed by atoms with E-state index in [9.17, 15) is 4.79 Å². The number of rotatable bonds is 7. The smallest absolute Gasteiger partial charge is 0.271 e. The van der Waals surface area contributed by atoms with Crippen molar-refractivity contribution in [1.29, 1.82) is 0 Å². The number of hydrogen-bond acceptors (Lipinski definition) is 4. The molecule has 132 valence electrons. The largest absolute Gasteiger partial charge is 0.350 e. The quantitative estimate of drug-likeness (QED) is 0.710. The Hall–Kier alpha value is -3.21. The van der Waals surface area contributed by atoms with Gasteiger partial charge in [0.15, 0.2) is 5.82 Å². The van der Waals surface area contributed by atoms with Crippen LogP contribution >= 0.6 is 0 Å². The molecule has 3 aromatic rings. The molecule has 1 heterocycles. The van der Waals surface area contributed by atoms with Gasteiger partial charge in [0.25, 0.3) is 5.91 Å². The van der Waals surface area contributed by atoms with Crippen molar-refractivity contribution in [2.75, 3.05) is 18.0 Å². The fourth-order valence-corrected chi connectivity index (χ4v) is 2.72. The van der Waals surface area contributed by atoms with E-state index in [0.29, 0.717) is 12.2 Å². The van der Waals surface area contributed by atoms with Gasteiger partial charge < -0.3 is 10.2 Å². The van der Waals surface area contributed by atoms with Gasteiger partial charge in [-0.25, -0.2) is 9.97 Å². The normalized spacial score (nSPS) is 10.3. The van der Waals surface area contributed by atoms with Crippen LogP contribution in [0.1, 0.15) is 23.0 Å². The molecule has 0 fully saturated rings. The molecule has 3 rings (SSSR count). The molecule has 1 N–H and O–H groups in total. The highest BCUT2D eigenvalue weighted by atomic mass is 16.1. The lowest BCUT2D eigenvalue weighted by molar-refractivity contribution is 0.0949. The Kier molecular flexibility index (Phi) is 5.93. The summed E-state index contributed by atoms with van der Waals surface area (Å²) in [5.74, 6) is 0.516. The van der Waals surface area contributed by atoms with Crippen molar-refractivity contribution in [3.8, 4) is 0 Å². The van der Waals surface area contributed by atoms with Gasteiger partial charge >= 0.3 is 0 Å². The molecule has 5 nitrogen and oxygen atoms in total. The second-order valence-corrected chi connectivity index (χ2v) is 5.83. The topological polar surface area (TPSA) is 58.1 Å². The van der Waals surface area contributed by atoms with Crippen LogP contribution in [0.4, 0.5) is 11.5 Å². The van der Waals surface area contributed by atoms with Crippen molar-refractivity contribution < 1.29 is 4.79 Å². The minimum atomic E-state index is -0.206. The lowest BCUT2D eigenvalue weighted by atomic mass is 10.1. The van der Waals surface area contributed by atoms with Gasteiger partial charge in [-0.2, -0.15) is 0 Å². The van der Waals surface area contributed by atoms with Crippen LogP contribution in [0.3, 0.4) is 0 Å². The molecule has 0 unspecified atom stereocenters. The summed E-state index contributed by atoms with van der Waals surface area (Å²) in [6.07, 6.45) is 3.96. The van der Waals surface area contributed by atoms with Crippen molar-refractivity contribution in [2.24, 2.45) is 0 Å². The van der Waals surface area contributed by atoms with Crippen LogP contribution < -0.4 is 10.2 Å². The van der Waals surface area contributed by atoms with E-state index in [2.05, 4.69) is 22.2 Å². The van der Waals surface area contributed by atoms with E-state index in [0.717, 1.165) is 24.5 Å². The van der Waals surface area contributed by atoms with E-state index in [1.807, 2.05) is 65.6 Å². The molecule has 0 aliphatic carbocycles. The van der Waals surface area contributed by atoms with Crippen LogP contribution in [0.2, 0.25) is 0 Å². The van der Waals surface area contributed by atoms with E-state index in [-0.39, 0.29) is 5.91 Å². The summed E-state index contributed by atoms with van der Waals surface area (Å²) in [5, 5.41) is 2.89. The molecule has 2 aromatic carbocycles. The Morgan fingerprint density at radius 3 is 2.27 bits per heavy atom. The highest BCUT2D eigenvalue weighted by molar-refractivity contribution is 5.92. The standard InChI is InChI=1S/C21H22N4O/c1-2-25(18-11-7-4-8-12-18)20-16-23-19(15-24-20)21(26)22-14-13-17-9-5-3-6-10-17/h3-12,15-16H,2,13-14H2,1H3,(H,22,26). The van der Waals surface area contributed by atoms with E-state index in [1.54, 1.807) is 6.20 Å². The molecule has 0 aliphatic heterocycles. The minimum absolute atomic E-state index is 0.206. The summed E-state index contributed by atoms with van der Waals surface area (Å²) in [4.78, 5) is 23.0. The fraction of sp³-hybridized carbons (Fsp3) is 0.190. The number of nitrogens with one attached hydrogen (secondary N) is 1. The van der Waals surface area contributed by atoms with Crippen LogP contribution in [0.15, 0.2) is 73.1 Å². The van der Waals surface area contributed by atoms with E-state index in [1.165, 1.54) is 11.8 Å². The predicted molar refractivity (Wildman–Crippen MR) is 104 cm³/mol. The van der Waals surface area contributed by atoms with E-state index in [4.69, 9.17) is 0 Å². The lowest BCUT2D eigenvalue weighted by Crippen LogP contribution is -2.27. The van der Waals surface area contributed by atoms with Crippen molar-refractivity contribution in [2.45, 2.75) is 13.3 Å². The fourth-order valence-electron chi connectivity index (χ4n) is 2.72. The summed E-state index contributed by atoms with van der Waals surface area (Å²) in [7, 11) is 0. The van der Waals surface area contributed by atoms with Gasteiger partial charge in [-0.1, -0.05) is 48.5 Å². The molecule has 26 heavy (non-hydrogen) atoms. The zero-order chi connectivity index (χ0) is 18.2. The van der Waals surface area contributed by atoms with E-state index < -0.39 is 0 Å². The summed E-state index contributed by atoms with van der Waals surface area (Å²) >= 11 is 0. The van der Waals surface area contributed by atoms with Crippen molar-refractivity contribution in [3.63, 3.8) is 0 Å². The van der Waals surface area contributed by atoms with Gasteiger partial charge in [0.2, 0.25) is 0 Å². The molecule has 0 bridgehead atoms. The van der Waals surface area contributed by atoms with Crippen LogP contribution in [-0.4, -0.2) is 29.0 Å².